The minimum atomic E-state index is -3.52. The van der Waals surface area contributed by atoms with Crippen LogP contribution < -0.4 is 5.32 Å². The molecule has 0 spiro atoms. The second kappa shape index (κ2) is 5.62. The van der Waals surface area contributed by atoms with Crippen molar-refractivity contribution in [2.75, 3.05) is 33.7 Å². The van der Waals surface area contributed by atoms with E-state index in [0.29, 0.717) is 18.8 Å². The first-order valence-corrected chi connectivity index (χ1v) is 7.83. The molecular formula is C12H21N3O3S. The predicted molar refractivity (Wildman–Crippen MR) is 72.3 cm³/mol. The quantitative estimate of drug-likeness (QED) is 0.864. The minimum Gasteiger partial charge on any atom is -0.447 e. The van der Waals surface area contributed by atoms with Crippen LogP contribution >= 0.6 is 0 Å². The first kappa shape index (κ1) is 14.5. The molecule has 2 heterocycles. The SMILES string of the molecule is CNCc1ccc(S(=O)(=O)N2CCN(C)CC2C)o1. The number of nitrogens with one attached hydrogen (secondary N) is 1. The summed E-state index contributed by atoms with van der Waals surface area (Å²) in [4.78, 5) is 2.13. The highest BCUT2D eigenvalue weighted by atomic mass is 32.2. The Morgan fingerprint density at radius 2 is 2.16 bits per heavy atom. The summed E-state index contributed by atoms with van der Waals surface area (Å²) in [7, 11) is 0.269. The zero-order chi connectivity index (χ0) is 14.0. The zero-order valence-electron chi connectivity index (χ0n) is 11.6. The Morgan fingerprint density at radius 1 is 1.42 bits per heavy atom. The molecule has 1 aliphatic rings. The van der Waals surface area contributed by atoms with Crippen LogP contribution in [-0.4, -0.2) is 57.4 Å². The first-order valence-electron chi connectivity index (χ1n) is 6.39. The lowest BCUT2D eigenvalue weighted by atomic mass is 10.2. The molecule has 6 nitrogen and oxygen atoms in total. The number of nitrogens with zero attached hydrogens (tertiary/aromatic N) is 2. The molecule has 1 fully saturated rings. The Kier molecular flexibility index (Phi) is 4.29. The van der Waals surface area contributed by atoms with E-state index in [-0.39, 0.29) is 11.1 Å². The van der Waals surface area contributed by atoms with E-state index in [1.807, 2.05) is 14.0 Å². The lowest BCUT2D eigenvalue weighted by Crippen LogP contribution is -2.52. The summed E-state index contributed by atoms with van der Waals surface area (Å²) in [5.74, 6) is 0.628. The third kappa shape index (κ3) is 3.00. The number of hydrogen-bond acceptors (Lipinski definition) is 5. The van der Waals surface area contributed by atoms with E-state index in [1.54, 1.807) is 13.1 Å². The van der Waals surface area contributed by atoms with Crippen molar-refractivity contribution in [3.8, 4) is 0 Å². The molecular weight excluding hydrogens is 266 g/mol. The van der Waals surface area contributed by atoms with Crippen LogP contribution in [0.4, 0.5) is 0 Å². The van der Waals surface area contributed by atoms with Crippen LogP contribution in [0.2, 0.25) is 0 Å². The predicted octanol–water partition coefficient (Wildman–Crippen LogP) is 0.324. The summed E-state index contributed by atoms with van der Waals surface area (Å²) in [6.45, 7) is 4.43. The molecule has 1 aromatic rings. The minimum absolute atomic E-state index is 0.0363. The van der Waals surface area contributed by atoms with E-state index in [1.165, 1.54) is 10.4 Å². The molecule has 0 aliphatic carbocycles. The number of furan rings is 1. The van der Waals surface area contributed by atoms with Crippen molar-refractivity contribution < 1.29 is 12.8 Å². The second-order valence-electron chi connectivity index (χ2n) is 4.98. The Hall–Kier alpha value is -0.890. The van der Waals surface area contributed by atoms with Gasteiger partial charge in [-0.1, -0.05) is 0 Å². The molecule has 0 bridgehead atoms. The molecule has 2 rings (SSSR count). The lowest BCUT2D eigenvalue weighted by Gasteiger charge is -2.36. The zero-order valence-corrected chi connectivity index (χ0v) is 12.4. The van der Waals surface area contributed by atoms with Crippen molar-refractivity contribution >= 4 is 10.0 Å². The highest BCUT2D eigenvalue weighted by Gasteiger charge is 2.34. The summed E-state index contributed by atoms with van der Waals surface area (Å²) >= 11 is 0. The Balaban J connectivity index is 2.21. The van der Waals surface area contributed by atoms with Crippen LogP contribution in [0.15, 0.2) is 21.6 Å². The van der Waals surface area contributed by atoms with E-state index in [2.05, 4.69) is 10.2 Å². The molecule has 1 unspecified atom stereocenters. The number of piperazine rings is 1. The Morgan fingerprint density at radius 3 is 2.79 bits per heavy atom. The molecule has 1 aliphatic heterocycles. The lowest BCUT2D eigenvalue weighted by molar-refractivity contribution is 0.168. The third-order valence-corrected chi connectivity index (χ3v) is 5.21. The summed E-state index contributed by atoms with van der Waals surface area (Å²) in [5.41, 5.74) is 0. The highest BCUT2D eigenvalue weighted by Crippen LogP contribution is 2.22. The summed E-state index contributed by atoms with van der Waals surface area (Å²) < 4.78 is 32.0. The van der Waals surface area contributed by atoms with Gasteiger partial charge in [0.2, 0.25) is 5.09 Å². The van der Waals surface area contributed by atoms with Crippen LogP contribution in [0, 0.1) is 0 Å². The second-order valence-corrected chi connectivity index (χ2v) is 6.80. The molecule has 0 radical (unpaired) electrons. The van der Waals surface area contributed by atoms with Gasteiger partial charge in [0.05, 0.1) is 6.54 Å². The van der Waals surface area contributed by atoms with Gasteiger partial charge in [0.1, 0.15) is 5.76 Å². The summed E-state index contributed by atoms with van der Waals surface area (Å²) in [5, 5.41) is 2.97. The number of rotatable bonds is 4. The number of likely N-dealkylation sites (N-methyl/N-ethyl adjacent to an activating group) is 1. The van der Waals surface area contributed by atoms with Crippen LogP contribution in [-0.2, 0) is 16.6 Å². The van der Waals surface area contributed by atoms with Crippen LogP contribution in [0.1, 0.15) is 12.7 Å². The molecule has 0 amide bonds. The van der Waals surface area contributed by atoms with E-state index in [0.717, 1.165) is 13.1 Å². The van der Waals surface area contributed by atoms with Gasteiger partial charge < -0.3 is 14.6 Å². The van der Waals surface area contributed by atoms with Crippen LogP contribution in [0.5, 0.6) is 0 Å². The molecule has 1 atom stereocenters. The van der Waals surface area contributed by atoms with E-state index in [4.69, 9.17) is 4.42 Å². The monoisotopic (exact) mass is 287 g/mol. The van der Waals surface area contributed by atoms with Gasteiger partial charge in [0.15, 0.2) is 0 Å². The maximum atomic E-state index is 12.5. The van der Waals surface area contributed by atoms with E-state index < -0.39 is 10.0 Å². The summed E-state index contributed by atoms with van der Waals surface area (Å²) in [6, 6.07) is 3.19. The van der Waals surface area contributed by atoms with Gasteiger partial charge in [-0.2, -0.15) is 4.31 Å². The van der Waals surface area contributed by atoms with Gasteiger partial charge in [-0.15, -0.1) is 0 Å². The van der Waals surface area contributed by atoms with E-state index in [9.17, 15) is 8.42 Å². The maximum absolute atomic E-state index is 12.5. The number of sulfonamides is 1. The van der Waals surface area contributed by atoms with E-state index >= 15 is 0 Å². The van der Waals surface area contributed by atoms with Gasteiger partial charge >= 0.3 is 0 Å². The van der Waals surface area contributed by atoms with Gasteiger partial charge in [-0.3, -0.25) is 0 Å². The normalized spacial score (nSPS) is 22.8. The van der Waals surface area contributed by atoms with Crippen molar-refractivity contribution in [1.82, 2.24) is 14.5 Å². The average molecular weight is 287 g/mol. The van der Waals surface area contributed by atoms with Crippen LogP contribution in [0.3, 0.4) is 0 Å². The molecule has 7 heteroatoms. The molecule has 19 heavy (non-hydrogen) atoms. The summed E-state index contributed by atoms with van der Waals surface area (Å²) in [6.07, 6.45) is 0. The number of hydrogen-bond donors (Lipinski definition) is 1. The fourth-order valence-electron chi connectivity index (χ4n) is 2.36. The van der Waals surface area contributed by atoms with Gasteiger partial charge in [0, 0.05) is 25.7 Å². The third-order valence-electron chi connectivity index (χ3n) is 3.32. The van der Waals surface area contributed by atoms with Crippen molar-refractivity contribution in [2.24, 2.45) is 0 Å². The molecule has 1 aromatic heterocycles. The maximum Gasteiger partial charge on any atom is 0.276 e. The van der Waals surface area contributed by atoms with Gasteiger partial charge in [-0.05, 0) is 33.2 Å². The van der Waals surface area contributed by atoms with Crippen LogP contribution in [0.25, 0.3) is 0 Å². The van der Waals surface area contributed by atoms with Crippen molar-refractivity contribution in [3.05, 3.63) is 17.9 Å². The van der Waals surface area contributed by atoms with Crippen molar-refractivity contribution in [2.45, 2.75) is 24.6 Å². The van der Waals surface area contributed by atoms with Gasteiger partial charge in [0.25, 0.3) is 10.0 Å². The van der Waals surface area contributed by atoms with Gasteiger partial charge in [-0.25, -0.2) is 8.42 Å². The molecule has 1 saturated heterocycles. The van der Waals surface area contributed by atoms with Crippen molar-refractivity contribution in [1.29, 1.82) is 0 Å². The van der Waals surface area contributed by atoms with Crippen molar-refractivity contribution in [3.63, 3.8) is 0 Å². The fraction of sp³-hybridized carbons (Fsp3) is 0.667. The Labute approximate surface area is 114 Å². The molecule has 0 aromatic carbocycles. The topological polar surface area (TPSA) is 65.8 Å². The molecule has 0 saturated carbocycles. The molecule has 1 N–H and O–H groups in total. The fourth-order valence-corrected chi connectivity index (χ4v) is 3.91. The largest absolute Gasteiger partial charge is 0.447 e. The molecule has 108 valence electrons. The average Bonchev–Trinajstić information content (AvgIpc) is 2.78. The first-order chi connectivity index (χ1) is 8.95. The standard InChI is InChI=1S/C12H21N3O3S/c1-10-9-14(3)6-7-15(10)19(16,17)12-5-4-11(18-12)8-13-2/h4-5,10,13H,6-9H2,1-3H3. The Bertz CT molecular complexity index is 526. The highest BCUT2D eigenvalue weighted by molar-refractivity contribution is 7.89. The smallest absolute Gasteiger partial charge is 0.276 e.